The van der Waals surface area contributed by atoms with Crippen LogP contribution in [0.5, 0.6) is 0 Å². The van der Waals surface area contributed by atoms with Crippen LogP contribution >= 0.6 is 0 Å². The topological polar surface area (TPSA) is 21.6 Å². The molecule has 0 N–H and O–H groups in total. The van der Waals surface area contributed by atoms with Crippen LogP contribution in [0.2, 0.25) is 0 Å². The van der Waals surface area contributed by atoms with Crippen molar-refractivity contribution in [2.24, 2.45) is 5.16 Å². The van der Waals surface area contributed by atoms with Crippen LogP contribution in [0.15, 0.2) is 29.5 Å². The second kappa shape index (κ2) is 8.96. The minimum Gasteiger partial charge on any atom is -0.391 e. The summed E-state index contributed by atoms with van der Waals surface area (Å²) < 4.78 is 65.2. The summed E-state index contributed by atoms with van der Waals surface area (Å²) in [6.07, 6.45) is 9.98. The fourth-order valence-corrected chi connectivity index (χ4v) is 1.41. The molecule has 1 rings (SSSR count). The maximum atomic E-state index is 13.3. The number of benzene rings is 1. The number of nitrogens with zero attached hydrogens (tertiary/aromatic N) is 1. The highest BCUT2D eigenvalue weighted by atomic mass is 19.2. The maximum absolute atomic E-state index is 13.3. The number of halogens is 5. The molecule has 0 aromatic heterocycles. The third-order valence-corrected chi connectivity index (χ3v) is 2.54. The van der Waals surface area contributed by atoms with Crippen LogP contribution < -0.4 is 0 Å². The molecule has 120 valence electrons. The fourth-order valence-electron chi connectivity index (χ4n) is 1.41. The van der Waals surface area contributed by atoms with Crippen LogP contribution in [-0.4, -0.2) is 6.21 Å². The lowest BCUT2D eigenvalue weighted by Crippen LogP contribution is -2.07. The first kappa shape index (κ1) is 17.9. The van der Waals surface area contributed by atoms with Gasteiger partial charge < -0.3 is 4.84 Å². The minimum atomic E-state index is -2.20. The average molecular weight is 319 g/mol. The Labute approximate surface area is 124 Å². The van der Waals surface area contributed by atoms with E-state index in [0.29, 0.717) is 0 Å². The summed E-state index contributed by atoms with van der Waals surface area (Å²) in [6.45, 7) is 1.16. The van der Waals surface area contributed by atoms with E-state index in [1.807, 2.05) is 13.0 Å². The van der Waals surface area contributed by atoms with Gasteiger partial charge in [0.15, 0.2) is 23.3 Å². The molecule has 0 unspecified atom stereocenters. The van der Waals surface area contributed by atoms with Gasteiger partial charge in [0.1, 0.15) is 6.61 Å². The van der Waals surface area contributed by atoms with E-state index in [-0.39, 0.29) is 0 Å². The highest BCUT2D eigenvalue weighted by molar-refractivity contribution is 5.70. The quantitative estimate of drug-likeness (QED) is 0.177. The van der Waals surface area contributed by atoms with E-state index < -0.39 is 41.3 Å². The summed E-state index contributed by atoms with van der Waals surface area (Å²) in [5.41, 5.74) is -1.07. The smallest absolute Gasteiger partial charge is 0.200 e. The van der Waals surface area contributed by atoms with Crippen LogP contribution in [0.1, 0.15) is 25.3 Å². The van der Waals surface area contributed by atoms with Gasteiger partial charge in [0.05, 0.1) is 11.8 Å². The van der Waals surface area contributed by atoms with Crippen molar-refractivity contribution in [2.45, 2.75) is 26.4 Å². The zero-order valence-corrected chi connectivity index (χ0v) is 11.8. The van der Waals surface area contributed by atoms with Gasteiger partial charge in [-0.15, -0.1) is 0 Å². The Morgan fingerprint density at radius 1 is 0.864 bits per heavy atom. The molecule has 0 bridgehead atoms. The summed E-state index contributed by atoms with van der Waals surface area (Å²) in [4.78, 5) is 4.52. The van der Waals surface area contributed by atoms with Crippen molar-refractivity contribution in [3.05, 3.63) is 59.0 Å². The molecular formula is C15H14F5NO. The van der Waals surface area contributed by atoms with Crippen molar-refractivity contribution in [2.75, 3.05) is 0 Å². The molecule has 7 heteroatoms. The van der Waals surface area contributed by atoms with Crippen molar-refractivity contribution >= 4 is 6.21 Å². The SMILES string of the molecule is CCC/C=C/C=C/C=N/OCc1c(F)c(F)c(F)c(F)c1F. The molecule has 0 aliphatic heterocycles. The van der Waals surface area contributed by atoms with Gasteiger partial charge in [-0.05, 0) is 12.5 Å². The Morgan fingerprint density at radius 2 is 1.45 bits per heavy atom. The van der Waals surface area contributed by atoms with Crippen molar-refractivity contribution in [3.8, 4) is 0 Å². The number of allylic oxidation sites excluding steroid dienone is 4. The van der Waals surface area contributed by atoms with E-state index >= 15 is 0 Å². The predicted octanol–water partition coefficient (Wildman–Crippen LogP) is 4.80. The normalized spacial score (nSPS) is 12.1. The molecule has 0 saturated carbocycles. The summed E-state index contributed by atoms with van der Waals surface area (Å²) >= 11 is 0. The third kappa shape index (κ3) is 4.68. The molecule has 2 nitrogen and oxygen atoms in total. The highest BCUT2D eigenvalue weighted by Crippen LogP contribution is 2.23. The first-order chi connectivity index (χ1) is 10.5. The highest BCUT2D eigenvalue weighted by Gasteiger charge is 2.25. The van der Waals surface area contributed by atoms with Gasteiger partial charge in [-0.25, -0.2) is 22.0 Å². The van der Waals surface area contributed by atoms with Gasteiger partial charge in [-0.3, -0.25) is 0 Å². The standard InChI is InChI=1S/C15H14F5NO/c1-2-3-4-5-6-7-8-21-22-9-10-11(16)13(18)15(20)14(19)12(10)17/h4-8H,2-3,9H2,1H3/b5-4+,7-6+,21-8+. The molecule has 22 heavy (non-hydrogen) atoms. The summed E-state index contributed by atoms with van der Waals surface area (Å²) in [7, 11) is 0. The maximum Gasteiger partial charge on any atom is 0.200 e. The number of hydrogen-bond acceptors (Lipinski definition) is 2. The molecule has 0 saturated heterocycles. The van der Waals surface area contributed by atoms with E-state index in [2.05, 4.69) is 9.99 Å². The largest absolute Gasteiger partial charge is 0.391 e. The van der Waals surface area contributed by atoms with E-state index in [9.17, 15) is 22.0 Å². The zero-order valence-electron chi connectivity index (χ0n) is 11.8. The van der Waals surface area contributed by atoms with Gasteiger partial charge in [0, 0.05) is 0 Å². The van der Waals surface area contributed by atoms with Crippen molar-refractivity contribution in [1.82, 2.24) is 0 Å². The molecule has 0 radical (unpaired) electrons. The Bertz CT molecular complexity index is 567. The van der Waals surface area contributed by atoms with Crippen LogP contribution in [0.25, 0.3) is 0 Å². The molecule has 0 aliphatic rings. The Kier molecular flexibility index (Phi) is 7.28. The van der Waals surface area contributed by atoms with Crippen molar-refractivity contribution in [1.29, 1.82) is 0 Å². The number of unbranched alkanes of at least 4 members (excludes halogenated alkanes) is 1. The lowest BCUT2D eigenvalue weighted by Gasteiger charge is -2.06. The molecular weight excluding hydrogens is 305 g/mol. The first-order valence-electron chi connectivity index (χ1n) is 6.48. The lowest BCUT2D eigenvalue weighted by molar-refractivity contribution is 0.124. The van der Waals surface area contributed by atoms with E-state index in [1.165, 1.54) is 12.3 Å². The minimum absolute atomic E-state index is 0.873. The number of rotatable bonds is 7. The lowest BCUT2D eigenvalue weighted by atomic mass is 10.2. The van der Waals surface area contributed by atoms with E-state index in [1.54, 1.807) is 12.2 Å². The molecule has 0 atom stereocenters. The van der Waals surface area contributed by atoms with Crippen molar-refractivity contribution in [3.63, 3.8) is 0 Å². The predicted molar refractivity (Wildman–Crippen MR) is 72.7 cm³/mol. The summed E-state index contributed by atoms with van der Waals surface area (Å²) in [6, 6.07) is 0. The first-order valence-corrected chi connectivity index (χ1v) is 6.48. The Hall–Kier alpha value is -2.18. The number of oxime groups is 1. The zero-order chi connectivity index (χ0) is 16.5. The molecule has 0 fully saturated rings. The van der Waals surface area contributed by atoms with E-state index in [4.69, 9.17) is 0 Å². The summed E-state index contributed by atoms with van der Waals surface area (Å²) in [5.74, 6) is -10.1. The molecule has 0 aliphatic carbocycles. The molecule has 1 aromatic rings. The summed E-state index contributed by atoms with van der Waals surface area (Å²) in [5, 5.41) is 3.33. The fraction of sp³-hybridized carbons (Fsp3) is 0.267. The van der Waals surface area contributed by atoms with Crippen LogP contribution in [-0.2, 0) is 11.4 Å². The van der Waals surface area contributed by atoms with Crippen LogP contribution in [0.4, 0.5) is 22.0 Å². The van der Waals surface area contributed by atoms with Crippen LogP contribution in [0.3, 0.4) is 0 Å². The van der Waals surface area contributed by atoms with Gasteiger partial charge in [-0.1, -0.05) is 36.7 Å². The van der Waals surface area contributed by atoms with Gasteiger partial charge in [-0.2, -0.15) is 0 Å². The van der Waals surface area contributed by atoms with Crippen molar-refractivity contribution < 1.29 is 26.8 Å². The third-order valence-electron chi connectivity index (χ3n) is 2.54. The molecule has 1 aromatic carbocycles. The Morgan fingerprint density at radius 3 is 2.05 bits per heavy atom. The second-order valence-corrected chi connectivity index (χ2v) is 4.18. The van der Waals surface area contributed by atoms with E-state index in [0.717, 1.165) is 12.8 Å². The molecule has 0 amide bonds. The average Bonchev–Trinajstić information content (AvgIpc) is 2.52. The second-order valence-electron chi connectivity index (χ2n) is 4.18. The van der Waals surface area contributed by atoms with Gasteiger partial charge in [0.25, 0.3) is 0 Å². The molecule has 0 spiro atoms. The Balaban J connectivity index is 2.63. The molecule has 0 heterocycles. The number of hydrogen-bond donors (Lipinski definition) is 0. The monoisotopic (exact) mass is 319 g/mol. The van der Waals surface area contributed by atoms with Gasteiger partial charge >= 0.3 is 0 Å². The van der Waals surface area contributed by atoms with Crippen LogP contribution in [0, 0.1) is 29.1 Å². The van der Waals surface area contributed by atoms with Gasteiger partial charge in [0.2, 0.25) is 5.82 Å².